The van der Waals surface area contributed by atoms with Gasteiger partial charge >= 0.3 is 0 Å². The van der Waals surface area contributed by atoms with E-state index in [9.17, 15) is 9.90 Å². The lowest BCUT2D eigenvalue weighted by Crippen LogP contribution is -2.44. The summed E-state index contributed by atoms with van der Waals surface area (Å²) in [7, 11) is 1.91. The van der Waals surface area contributed by atoms with Gasteiger partial charge in [-0.15, -0.1) is 0 Å². The molecule has 0 spiro atoms. The fourth-order valence-electron chi connectivity index (χ4n) is 2.50. The number of carbonyl (C=O) groups is 1. The maximum absolute atomic E-state index is 11.5. The first-order valence-electron chi connectivity index (χ1n) is 6.28. The average molecular weight is 226 g/mol. The van der Waals surface area contributed by atoms with Crippen molar-refractivity contribution in [2.75, 3.05) is 20.1 Å². The Balaban J connectivity index is 1.70. The molecule has 4 nitrogen and oxygen atoms in total. The van der Waals surface area contributed by atoms with Crippen LogP contribution >= 0.6 is 0 Å². The third-order valence-electron chi connectivity index (χ3n) is 3.45. The summed E-state index contributed by atoms with van der Waals surface area (Å²) in [5.41, 5.74) is -0.547. The Morgan fingerprint density at radius 3 is 2.62 bits per heavy atom. The zero-order chi connectivity index (χ0) is 11.6. The van der Waals surface area contributed by atoms with Crippen LogP contribution in [0.3, 0.4) is 0 Å². The lowest BCUT2D eigenvalue weighted by molar-refractivity contribution is -0.122. The highest BCUT2D eigenvalue weighted by atomic mass is 16.3. The van der Waals surface area contributed by atoms with E-state index >= 15 is 0 Å². The molecule has 16 heavy (non-hydrogen) atoms. The first-order chi connectivity index (χ1) is 7.57. The second-order valence-electron chi connectivity index (χ2n) is 5.45. The smallest absolute Gasteiger partial charge is 0.234 e. The Kier molecular flexibility index (Phi) is 3.50. The first kappa shape index (κ1) is 11.9. The summed E-state index contributed by atoms with van der Waals surface area (Å²) >= 11 is 0. The summed E-state index contributed by atoms with van der Waals surface area (Å²) < 4.78 is 0. The third kappa shape index (κ3) is 3.46. The lowest BCUT2D eigenvalue weighted by atomic mass is 10.0. The molecule has 2 fully saturated rings. The van der Waals surface area contributed by atoms with Gasteiger partial charge in [0.15, 0.2) is 0 Å². The van der Waals surface area contributed by atoms with Crippen LogP contribution in [0.1, 0.15) is 38.5 Å². The maximum Gasteiger partial charge on any atom is 0.234 e. The minimum atomic E-state index is -0.547. The highest BCUT2D eigenvalue weighted by Gasteiger charge is 2.32. The number of nitrogens with one attached hydrogen (secondary N) is 1. The third-order valence-corrected chi connectivity index (χ3v) is 3.45. The molecule has 0 atom stereocenters. The Morgan fingerprint density at radius 2 is 2.06 bits per heavy atom. The van der Waals surface area contributed by atoms with Gasteiger partial charge in [0.2, 0.25) is 5.91 Å². The Morgan fingerprint density at radius 1 is 1.44 bits per heavy atom. The van der Waals surface area contributed by atoms with Gasteiger partial charge in [-0.05, 0) is 32.7 Å². The van der Waals surface area contributed by atoms with Crippen LogP contribution in [-0.4, -0.2) is 47.7 Å². The molecule has 2 rings (SSSR count). The molecule has 2 aliphatic carbocycles. The zero-order valence-electron chi connectivity index (χ0n) is 10.0. The van der Waals surface area contributed by atoms with Gasteiger partial charge in [0, 0.05) is 12.6 Å². The van der Waals surface area contributed by atoms with Gasteiger partial charge in [0.1, 0.15) is 0 Å². The van der Waals surface area contributed by atoms with Crippen LogP contribution in [0.2, 0.25) is 0 Å². The van der Waals surface area contributed by atoms with E-state index in [1.54, 1.807) is 0 Å². The highest BCUT2D eigenvalue weighted by Crippen LogP contribution is 2.29. The molecule has 2 aliphatic rings. The fourth-order valence-corrected chi connectivity index (χ4v) is 2.50. The van der Waals surface area contributed by atoms with E-state index in [-0.39, 0.29) is 5.91 Å². The van der Waals surface area contributed by atoms with Crippen molar-refractivity contribution in [1.82, 2.24) is 10.2 Å². The number of hydrogen-bond acceptors (Lipinski definition) is 3. The van der Waals surface area contributed by atoms with Crippen molar-refractivity contribution in [3.05, 3.63) is 0 Å². The summed E-state index contributed by atoms with van der Waals surface area (Å²) in [6, 6.07) is 0.426. The van der Waals surface area contributed by atoms with E-state index < -0.39 is 5.60 Å². The molecule has 0 aliphatic heterocycles. The molecular formula is C12H22N2O2. The van der Waals surface area contributed by atoms with Gasteiger partial charge < -0.3 is 10.4 Å². The van der Waals surface area contributed by atoms with Gasteiger partial charge in [-0.2, -0.15) is 0 Å². The standard InChI is InChI=1S/C12H22N2O2/c1-14(8-11(15)13-10-4-5-10)9-12(16)6-2-3-7-12/h10,16H,2-9H2,1H3,(H,13,15). The van der Waals surface area contributed by atoms with Crippen LogP contribution in [0.15, 0.2) is 0 Å². The normalized spacial score (nSPS) is 23.7. The molecule has 0 aromatic heterocycles. The van der Waals surface area contributed by atoms with Gasteiger partial charge in [-0.25, -0.2) is 0 Å². The van der Waals surface area contributed by atoms with Crippen LogP contribution in [0, 0.1) is 0 Å². The van der Waals surface area contributed by atoms with Gasteiger partial charge in [0.25, 0.3) is 0 Å². The molecule has 0 heterocycles. The van der Waals surface area contributed by atoms with Gasteiger partial charge in [0.05, 0.1) is 12.1 Å². The molecule has 4 heteroatoms. The van der Waals surface area contributed by atoms with E-state index in [0.29, 0.717) is 19.1 Å². The summed E-state index contributed by atoms with van der Waals surface area (Å²) in [6.45, 7) is 1.02. The monoisotopic (exact) mass is 226 g/mol. The number of likely N-dealkylation sites (N-methyl/N-ethyl adjacent to an activating group) is 1. The average Bonchev–Trinajstić information content (AvgIpc) is 2.87. The highest BCUT2D eigenvalue weighted by molar-refractivity contribution is 5.78. The molecule has 2 saturated carbocycles. The van der Waals surface area contributed by atoms with Crippen molar-refractivity contribution in [3.63, 3.8) is 0 Å². The molecule has 0 aromatic rings. The number of nitrogens with zero attached hydrogens (tertiary/aromatic N) is 1. The molecule has 2 N–H and O–H groups in total. The molecule has 0 unspecified atom stereocenters. The molecule has 0 radical (unpaired) electrons. The molecule has 0 saturated heterocycles. The zero-order valence-corrected chi connectivity index (χ0v) is 10.0. The van der Waals surface area contributed by atoms with E-state index in [1.807, 2.05) is 11.9 Å². The Hall–Kier alpha value is -0.610. The Bertz CT molecular complexity index is 258. The van der Waals surface area contributed by atoms with Crippen molar-refractivity contribution in [1.29, 1.82) is 0 Å². The van der Waals surface area contributed by atoms with Crippen molar-refractivity contribution in [2.45, 2.75) is 50.2 Å². The van der Waals surface area contributed by atoms with Crippen LogP contribution in [0.4, 0.5) is 0 Å². The number of rotatable bonds is 5. The number of amides is 1. The minimum absolute atomic E-state index is 0.0894. The summed E-state index contributed by atoms with van der Waals surface area (Å²) in [4.78, 5) is 13.5. The van der Waals surface area contributed by atoms with Gasteiger partial charge in [-0.3, -0.25) is 9.69 Å². The van der Waals surface area contributed by atoms with E-state index in [2.05, 4.69) is 5.32 Å². The predicted octanol–water partition coefficient (Wildman–Crippen LogP) is 0.502. The topological polar surface area (TPSA) is 52.6 Å². The van der Waals surface area contributed by atoms with Crippen molar-refractivity contribution in [3.8, 4) is 0 Å². The van der Waals surface area contributed by atoms with Gasteiger partial charge in [-0.1, -0.05) is 12.8 Å². The fraction of sp³-hybridized carbons (Fsp3) is 0.917. The number of aliphatic hydroxyl groups is 1. The van der Waals surface area contributed by atoms with Crippen LogP contribution in [-0.2, 0) is 4.79 Å². The van der Waals surface area contributed by atoms with E-state index in [1.165, 1.54) is 0 Å². The summed E-state index contributed by atoms with van der Waals surface area (Å²) in [5, 5.41) is 13.2. The second kappa shape index (κ2) is 4.72. The largest absolute Gasteiger partial charge is 0.389 e. The van der Waals surface area contributed by atoms with Crippen LogP contribution in [0.25, 0.3) is 0 Å². The Labute approximate surface area is 97.0 Å². The minimum Gasteiger partial charge on any atom is -0.389 e. The molecule has 1 amide bonds. The number of carbonyl (C=O) groups excluding carboxylic acids is 1. The van der Waals surface area contributed by atoms with Crippen LogP contribution in [0.5, 0.6) is 0 Å². The number of hydrogen-bond donors (Lipinski definition) is 2. The quantitative estimate of drug-likeness (QED) is 0.718. The summed E-state index contributed by atoms with van der Waals surface area (Å²) in [5.74, 6) is 0.0894. The van der Waals surface area contributed by atoms with E-state index in [4.69, 9.17) is 0 Å². The van der Waals surface area contributed by atoms with Crippen molar-refractivity contribution >= 4 is 5.91 Å². The molecule has 0 aromatic carbocycles. The summed E-state index contributed by atoms with van der Waals surface area (Å²) in [6.07, 6.45) is 6.22. The second-order valence-corrected chi connectivity index (χ2v) is 5.45. The predicted molar refractivity (Wildman–Crippen MR) is 62.1 cm³/mol. The molecular weight excluding hydrogens is 204 g/mol. The maximum atomic E-state index is 11.5. The molecule has 0 bridgehead atoms. The van der Waals surface area contributed by atoms with Crippen molar-refractivity contribution in [2.24, 2.45) is 0 Å². The molecule has 92 valence electrons. The first-order valence-corrected chi connectivity index (χ1v) is 6.28. The van der Waals surface area contributed by atoms with Crippen LogP contribution < -0.4 is 5.32 Å². The van der Waals surface area contributed by atoms with E-state index in [0.717, 1.165) is 38.5 Å². The lowest BCUT2D eigenvalue weighted by Gasteiger charge is -2.28. The SMILES string of the molecule is CN(CC(=O)NC1CC1)CC1(O)CCCC1. The van der Waals surface area contributed by atoms with Crippen molar-refractivity contribution < 1.29 is 9.90 Å².